The second-order valence-electron chi connectivity index (χ2n) is 9.90. The van der Waals surface area contributed by atoms with Crippen molar-refractivity contribution in [2.75, 3.05) is 13.1 Å². The number of carbonyl (C=O) groups is 4. The molecule has 0 aromatic heterocycles. The van der Waals surface area contributed by atoms with Gasteiger partial charge in [0, 0.05) is 6.54 Å². The number of carboxylic acids is 1. The number of phenols is 1. The first kappa shape index (κ1) is 34.1. The second kappa shape index (κ2) is 17.6. The first-order chi connectivity index (χ1) is 18.8. The van der Waals surface area contributed by atoms with Gasteiger partial charge in [0.25, 0.3) is 0 Å². The van der Waals surface area contributed by atoms with Crippen LogP contribution in [0.25, 0.3) is 0 Å². The molecule has 4 unspecified atom stereocenters. The van der Waals surface area contributed by atoms with E-state index in [1.165, 1.54) is 12.1 Å². The maximum absolute atomic E-state index is 13.2. The summed E-state index contributed by atoms with van der Waals surface area (Å²) in [6.45, 7) is 4.01. The van der Waals surface area contributed by atoms with Crippen LogP contribution in [0.1, 0.15) is 51.5 Å². The van der Waals surface area contributed by atoms with Crippen LogP contribution >= 0.6 is 0 Å². The van der Waals surface area contributed by atoms with Crippen molar-refractivity contribution in [1.29, 1.82) is 0 Å². The number of unbranched alkanes of at least 4 members (excludes halogenated alkanes) is 1. The average molecular weight is 565 g/mol. The Morgan fingerprint density at radius 2 is 1.48 bits per heavy atom. The molecule has 0 heterocycles. The van der Waals surface area contributed by atoms with Gasteiger partial charge in [-0.05, 0) is 68.7 Å². The fourth-order valence-electron chi connectivity index (χ4n) is 3.83. The van der Waals surface area contributed by atoms with E-state index in [0.717, 1.165) is 5.56 Å². The molecule has 0 aliphatic carbocycles. The Kier molecular flexibility index (Phi) is 15.0. The molecule has 40 heavy (non-hydrogen) atoms. The van der Waals surface area contributed by atoms with Crippen LogP contribution in [0.5, 0.6) is 5.75 Å². The summed E-state index contributed by atoms with van der Waals surface area (Å²) in [6, 6.07) is 2.03. The quantitative estimate of drug-likeness (QED) is 0.0574. The molecule has 1 rings (SSSR count). The van der Waals surface area contributed by atoms with Crippen molar-refractivity contribution >= 4 is 29.7 Å². The molecular weight excluding hydrogens is 520 g/mol. The van der Waals surface area contributed by atoms with Crippen LogP contribution in [0.3, 0.4) is 0 Å². The summed E-state index contributed by atoms with van der Waals surface area (Å²) >= 11 is 0. The zero-order valence-electron chi connectivity index (χ0n) is 23.1. The summed E-state index contributed by atoms with van der Waals surface area (Å²) < 4.78 is 0. The molecule has 0 aliphatic rings. The summed E-state index contributed by atoms with van der Waals surface area (Å²) in [6.07, 6.45) is 1.99. The number of nitrogens with zero attached hydrogens (tertiary/aromatic N) is 1. The molecule has 0 saturated carbocycles. The van der Waals surface area contributed by atoms with E-state index >= 15 is 0 Å². The summed E-state index contributed by atoms with van der Waals surface area (Å²) in [5, 5.41) is 26.8. The Hall–Kier alpha value is -3.91. The Labute approximate surface area is 234 Å². The first-order valence-electron chi connectivity index (χ1n) is 13.3. The summed E-state index contributed by atoms with van der Waals surface area (Å²) in [5.41, 5.74) is 22.9. The minimum absolute atomic E-state index is 0.0767. The molecule has 0 fully saturated rings. The van der Waals surface area contributed by atoms with Gasteiger partial charge in [-0.15, -0.1) is 0 Å². The molecule has 0 aliphatic heterocycles. The number of carboxylic acid groups (broad SMARTS) is 1. The molecule has 4 atom stereocenters. The lowest BCUT2D eigenvalue weighted by Gasteiger charge is -2.27. The lowest BCUT2D eigenvalue weighted by Crippen LogP contribution is -2.58. The zero-order chi connectivity index (χ0) is 30.2. The van der Waals surface area contributed by atoms with Crippen LogP contribution in [0, 0.1) is 5.92 Å². The largest absolute Gasteiger partial charge is 0.508 e. The number of benzene rings is 1. The van der Waals surface area contributed by atoms with Gasteiger partial charge < -0.3 is 49.1 Å². The Bertz CT molecular complexity index is 997. The fraction of sp³-hybridized carbons (Fsp3) is 0.577. The van der Waals surface area contributed by atoms with Crippen LogP contribution in [0.4, 0.5) is 0 Å². The van der Waals surface area contributed by atoms with Gasteiger partial charge in [0.05, 0.1) is 6.04 Å². The van der Waals surface area contributed by atoms with E-state index in [4.69, 9.17) is 22.9 Å². The van der Waals surface area contributed by atoms with E-state index < -0.39 is 53.8 Å². The van der Waals surface area contributed by atoms with Crippen molar-refractivity contribution in [3.63, 3.8) is 0 Å². The number of hydrogen-bond donors (Lipinski definition) is 9. The molecule has 224 valence electrons. The predicted octanol–water partition coefficient (Wildman–Crippen LogP) is -1.36. The van der Waals surface area contributed by atoms with Gasteiger partial charge >= 0.3 is 5.97 Å². The monoisotopic (exact) mass is 564 g/mol. The number of aliphatic carboxylic acids is 1. The molecular formula is C26H44N8O6. The van der Waals surface area contributed by atoms with Crippen molar-refractivity contribution in [2.24, 2.45) is 33.8 Å². The van der Waals surface area contributed by atoms with E-state index in [9.17, 15) is 29.4 Å². The highest BCUT2D eigenvalue weighted by molar-refractivity contribution is 5.94. The minimum atomic E-state index is -1.23. The van der Waals surface area contributed by atoms with E-state index in [1.807, 2.05) is 0 Å². The highest BCUT2D eigenvalue weighted by Crippen LogP contribution is 2.12. The van der Waals surface area contributed by atoms with E-state index in [1.54, 1.807) is 26.0 Å². The van der Waals surface area contributed by atoms with E-state index in [-0.39, 0.29) is 37.5 Å². The van der Waals surface area contributed by atoms with Crippen molar-refractivity contribution in [2.45, 2.75) is 76.5 Å². The highest BCUT2D eigenvalue weighted by atomic mass is 16.4. The average Bonchev–Trinajstić information content (AvgIpc) is 2.88. The molecule has 14 heteroatoms. The standard InChI is InChI=1S/C26H44N8O6/c1-15(2)21(24(38)33-20(25(39)40)7-5-13-31-26(29)30)34-23(37)19(6-3-4-12-27)32-22(36)18(28)14-16-8-10-17(35)11-9-16/h8-11,15,18-21,35H,3-7,12-14,27-28H2,1-2H3,(H,32,36)(H,33,38)(H,34,37)(H,39,40)(H4,29,30,31). The number of guanidine groups is 1. The lowest BCUT2D eigenvalue weighted by atomic mass is 10.0. The molecule has 0 radical (unpaired) electrons. The zero-order valence-corrected chi connectivity index (χ0v) is 23.1. The molecule has 0 spiro atoms. The van der Waals surface area contributed by atoms with E-state index in [2.05, 4.69) is 20.9 Å². The third-order valence-corrected chi connectivity index (χ3v) is 6.12. The first-order valence-corrected chi connectivity index (χ1v) is 13.3. The number of nitrogens with one attached hydrogen (secondary N) is 3. The summed E-state index contributed by atoms with van der Waals surface area (Å²) in [7, 11) is 0. The molecule has 13 N–H and O–H groups in total. The number of hydrogen-bond acceptors (Lipinski definition) is 8. The van der Waals surface area contributed by atoms with Crippen molar-refractivity contribution < 1.29 is 29.4 Å². The number of aliphatic imine (C=N–C) groups is 1. The predicted molar refractivity (Wildman–Crippen MR) is 151 cm³/mol. The van der Waals surface area contributed by atoms with Gasteiger partial charge in [-0.1, -0.05) is 26.0 Å². The number of rotatable bonds is 18. The van der Waals surface area contributed by atoms with Gasteiger partial charge in [0.1, 0.15) is 23.9 Å². The topological polar surface area (TPSA) is 261 Å². The minimum Gasteiger partial charge on any atom is -0.508 e. The second-order valence-corrected chi connectivity index (χ2v) is 9.90. The van der Waals surface area contributed by atoms with Gasteiger partial charge in [-0.2, -0.15) is 0 Å². The normalized spacial score (nSPS) is 13.9. The number of phenolic OH excluding ortho intramolecular Hbond substituents is 1. The lowest BCUT2D eigenvalue weighted by molar-refractivity contribution is -0.142. The SMILES string of the molecule is CC(C)C(NC(=O)C(CCCCN)NC(=O)C(N)Cc1ccc(O)cc1)C(=O)NC(CCCN=C(N)N)C(=O)O. The van der Waals surface area contributed by atoms with Crippen molar-refractivity contribution in [3.05, 3.63) is 29.8 Å². The van der Waals surface area contributed by atoms with E-state index in [0.29, 0.717) is 25.8 Å². The third kappa shape index (κ3) is 12.8. The van der Waals surface area contributed by atoms with Crippen molar-refractivity contribution in [1.82, 2.24) is 16.0 Å². The smallest absolute Gasteiger partial charge is 0.326 e. The Morgan fingerprint density at radius 3 is 2.02 bits per heavy atom. The number of aromatic hydroxyl groups is 1. The number of amides is 3. The number of carbonyl (C=O) groups excluding carboxylic acids is 3. The molecule has 0 bridgehead atoms. The van der Waals surface area contributed by atoms with Crippen LogP contribution in [0.2, 0.25) is 0 Å². The molecule has 0 saturated heterocycles. The Morgan fingerprint density at radius 1 is 0.875 bits per heavy atom. The van der Waals surface area contributed by atoms with Crippen LogP contribution in [-0.2, 0) is 25.6 Å². The fourth-order valence-corrected chi connectivity index (χ4v) is 3.83. The summed E-state index contributed by atoms with van der Waals surface area (Å²) in [5.74, 6) is -3.49. The Balaban J connectivity index is 2.91. The summed E-state index contributed by atoms with van der Waals surface area (Å²) in [4.78, 5) is 54.6. The van der Waals surface area contributed by atoms with Crippen LogP contribution in [0.15, 0.2) is 29.3 Å². The molecule has 3 amide bonds. The maximum atomic E-state index is 13.2. The van der Waals surface area contributed by atoms with Crippen molar-refractivity contribution in [3.8, 4) is 5.75 Å². The van der Waals surface area contributed by atoms with Gasteiger partial charge in [0.15, 0.2) is 5.96 Å². The third-order valence-electron chi connectivity index (χ3n) is 6.12. The molecule has 14 nitrogen and oxygen atoms in total. The van der Waals surface area contributed by atoms with Gasteiger partial charge in [0.2, 0.25) is 17.7 Å². The van der Waals surface area contributed by atoms with Gasteiger partial charge in [-0.25, -0.2) is 4.79 Å². The number of nitrogens with two attached hydrogens (primary N) is 4. The van der Waals surface area contributed by atoms with Crippen LogP contribution in [-0.4, -0.2) is 77.1 Å². The highest BCUT2D eigenvalue weighted by Gasteiger charge is 2.31. The molecule has 1 aromatic carbocycles. The molecule has 1 aromatic rings. The van der Waals surface area contributed by atoms with Crippen LogP contribution < -0.4 is 38.9 Å². The van der Waals surface area contributed by atoms with Gasteiger partial charge in [-0.3, -0.25) is 19.4 Å². The maximum Gasteiger partial charge on any atom is 0.326 e.